The van der Waals surface area contributed by atoms with Gasteiger partial charge in [-0.15, -0.1) is 0 Å². The number of oxazole rings is 1. The van der Waals surface area contributed by atoms with Gasteiger partial charge in [0, 0.05) is 30.0 Å². The Morgan fingerprint density at radius 3 is 2.62 bits per heavy atom. The van der Waals surface area contributed by atoms with E-state index in [1.807, 2.05) is 31.2 Å². The highest BCUT2D eigenvalue weighted by Crippen LogP contribution is 2.29. The molecule has 6 heteroatoms. The minimum atomic E-state index is 0.0285. The second-order valence-electron chi connectivity index (χ2n) is 6.54. The van der Waals surface area contributed by atoms with Crippen LogP contribution in [0.1, 0.15) is 29.1 Å². The molecule has 0 aliphatic carbocycles. The molecule has 5 rings (SSSR count). The zero-order chi connectivity index (χ0) is 16.5. The number of rotatable bonds is 4. The highest BCUT2D eigenvalue weighted by atomic mass is 32.2. The lowest BCUT2D eigenvalue weighted by Crippen LogP contribution is -2.57. The molecule has 126 valence electrons. The van der Waals surface area contributed by atoms with E-state index in [1.165, 1.54) is 37.7 Å². The van der Waals surface area contributed by atoms with Crippen LogP contribution in [0.2, 0.25) is 0 Å². The van der Waals surface area contributed by atoms with Crippen molar-refractivity contribution in [1.82, 2.24) is 15.2 Å². The van der Waals surface area contributed by atoms with Crippen LogP contribution < -0.4 is 5.32 Å². The molecule has 0 spiro atoms. The number of hydrogen-bond donors (Lipinski definition) is 1. The van der Waals surface area contributed by atoms with Crippen molar-refractivity contribution in [1.29, 1.82) is 0 Å². The van der Waals surface area contributed by atoms with Crippen molar-refractivity contribution in [2.45, 2.75) is 35.8 Å². The smallest absolute Gasteiger partial charge is 0.251 e. The van der Waals surface area contributed by atoms with Crippen molar-refractivity contribution in [2.24, 2.45) is 5.92 Å². The van der Waals surface area contributed by atoms with Crippen LogP contribution >= 0.6 is 11.8 Å². The maximum Gasteiger partial charge on any atom is 0.251 e. The van der Waals surface area contributed by atoms with E-state index in [9.17, 15) is 4.79 Å². The number of fused-ring (bicyclic) bond motifs is 3. The van der Waals surface area contributed by atoms with Crippen LogP contribution in [0.3, 0.4) is 0 Å². The van der Waals surface area contributed by atoms with Crippen molar-refractivity contribution in [2.75, 3.05) is 19.6 Å². The molecule has 2 bridgehead atoms. The lowest BCUT2D eigenvalue weighted by Gasteiger charge is -2.44. The van der Waals surface area contributed by atoms with Crippen molar-refractivity contribution < 1.29 is 9.21 Å². The molecular weight excluding hydrogens is 322 g/mol. The van der Waals surface area contributed by atoms with E-state index in [0.717, 1.165) is 16.5 Å². The molecule has 24 heavy (non-hydrogen) atoms. The van der Waals surface area contributed by atoms with E-state index < -0.39 is 0 Å². The first-order chi connectivity index (χ1) is 11.7. The predicted molar refractivity (Wildman–Crippen MR) is 92.2 cm³/mol. The second-order valence-corrected chi connectivity index (χ2v) is 7.62. The highest BCUT2D eigenvalue weighted by molar-refractivity contribution is 7.99. The molecule has 1 N–H and O–H groups in total. The molecule has 0 radical (unpaired) electrons. The van der Waals surface area contributed by atoms with E-state index in [0.29, 0.717) is 23.4 Å². The van der Waals surface area contributed by atoms with Gasteiger partial charge in [0.15, 0.2) is 11.0 Å². The van der Waals surface area contributed by atoms with Crippen molar-refractivity contribution in [3.05, 3.63) is 41.9 Å². The molecule has 1 aromatic heterocycles. The van der Waals surface area contributed by atoms with Gasteiger partial charge in [0.2, 0.25) is 0 Å². The number of nitrogens with zero attached hydrogens (tertiary/aromatic N) is 2. The predicted octanol–water partition coefficient (Wildman–Crippen LogP) is 2.96. The summed E-state index contributed by atoms with van der Waals surface area (Å²) in [4.78, 5) is 20.1. The maximum absolute atomic E-state index is 12.5. The van der Waals surface area contributed by atoms with Gasteiger partial charge in [-0.05, 0) is 56.1 Å². The molecule has 3 aliphatic heterocycles. The average molecular weight is 343 g/mol. The molecule has 5 nitrogen and oxygen atoms in total. The Morgan fingerprint density at radius 2 is 2.04 bits per heavy atom. The van der Waals surface area contributed by atoms with E-state index in [1.54, 1.807) is 6.20 Å². The fourth-order valence-electron chi connectivity index (χ4n) is 3.56. The van der Waals surface area contributed by atoms with Crippen LogP contribution in [-0.4, -0.2) is 41.5 Å². The first kappa shape index (κ1) is 15.7. The number of carbonyl (C=O) groups is 1. The molecular formula is C18H21N3O2S. The van der Waals surface area contributed by atoms with Crippen molar-refractivity contribution >= 4 is 17.7 Å². The van der Waals surface area contributed by atoms with Crippen LogP contribution in [0.25, 0.3) is 0 Å². The van der Waals surface area contributed by atoms with Gasteiger partial charge in [-0.3, -0.25) is 4.79 Å². The highest BCUT2D eigenvalue weighted by Gasteiger charge is 2.34. The summed E-state index contributed by atoms with van der Waals surface area (Å²) >= 11 is 1.51. The van der Waals surface area contributed by atoms with Gasteiger partial charge in [0.25, 0.3) is 5.91 Å². The van der Waals surface area contributed by atoms with Crippen LogP contribution in [0.4, 0.5) is 0 Å². The lowest BCUT2D eigenvalue weighted by molar-refractivity contribution is 0.0620. The SMILES string of the molecule is Cc1ncc(Sc2ccc(C(=O)N[C@H]3CN4CCC3CC4)cc2)o1. The number of hydrogen-bond acceptors (Lipinski definition) is 5. The van der Waals surface area contributed by atoms with Gasteiger partial charge in [-0.2, -0.15) is 0 Å². The minimum absolute atomic E-state index is 0.0285. The summed E-state index contributed by atoms with van der Waals surface area (Å²) in [6.07, 6.45) is 4.13. The van der Waals surface area contributed by atoms with Crippen molar-refractivity contribution in [3.8, 4) is 0 Å². The summed E-state index contributed by atoms with van der Waals surface area (Å²) in [6, 6.07) is 7.96. The minimum Gasteiger partial charge on any atom is -0.434 e. The quantitative estimate of drug-likeness (QED) is 0.925. The zero-order valence-electron chi connectivity index (χ0n) is 13.7. The Hall–Kier alpha value is -1.79. The van der Waals surface area contributed by atoms with Gasteiger partial charge >= 0.3 is 0 Å². The number of benzene rings is 1. The Labute approximate surface area is 145 Å². The molecule has 0 saturated carbocycles. The first-order valence-corrected chi connectivity index (χ1v) is 9.22. The third-order valence-corrected chi connectivity index (χ3v) is 5.81. The van der Waals surface area contributed by atoms with Crippen LogP contribution in [0, 0.1) is 12.8 Å². The van der Waals surface area contributed by atoms with Crippen LogP contribution in [0.15, 0.2) is 44.9 Å². The summed E-state index contributed by atoms with van der Waals surface area (Å²) < 4.78 is 5.46. The number of carbonyl (C=O) groups excluding carboxylic acids is 1. The Balaban J connectivity index is 1.38. The van der Waals surface area contributed by atoms with Gasteiger partial charge in [0.05, 0.1) is 6.20 Å². The molecule has 1 atom stereocenters. The fraction of sp³-hybridized carbons (Fsp3) is 0.444. The zero-order valence-corrected chi connectivity index (χ0v) is 14.5. The van der Waals surface area contributed by atoms with Crippen molar-refractivity contribution in [3.63, 3.8) is 0 Å². The van der Waals surface area contributed by atoms with E-state index in [4.69, 9.17) is 4.42 Å². The summed E-state index contributed by atoms with van der Waals surface area (Å²) in [7, 11) is 0. The lowest BCUT2D eigenvalue weighted by atomic mass is 9.84. The molecule has 2 aromatic rings. The first-order valence-electron chi connectivity index (χ1n) is 8.41. The Kier molecular flexibility index (Phi) is 4.33. The number of aryl methyl sites for hydroxylation is 1. The monoisotopic (exact) mass is 343 g/mol. The number of amides is 1. The normalized spacial score (nSPS) is 25.6. The molecule has 3 fully saturated rings. The summed E-state index contributed by atoms with van der Waals surface area (Å²) in [5.74, 6) is 1.33. The number of nitrogens with one attached hydrogen (secondary N) is 1. The van der Waals surface area contributed by atoms with Gasteiger partial charge in [-0.1, -0.05) is 11.8 Å². The standard InChI is InChI=1S/C18H21N3O2S/c1-12-19-10-17(23-12)24-15-4-2-14(3-5-15)18(22)20-16-11-21-8-6-13(16)7-9-21/h2-5,10,13,16H,6-9,11H2,1H3,(H,20,22)/t16-/m0/s1. The van der Waals surface area contributed by atoms with Crippen LogP contribution in [-0.2, 0) is 0 Å². The average Bonchev–Trinajstić information content (AvgIpc) is 3.01. The topological polar surface area (TPSA) is 58.4 Å². The number of aromatic nitrogens is 1. The van der Waals surface area contributed by atoms with Gasteiger partial charge < -0.3 is 14.6 Å². The van der Waals surface area contributed by atoms with E-state index in [-0.39, 0.29) is 5.91 Å². The molecule has 1 amide bonds. The molecule has 0 unspecified atom stereocenters. The van der Waals surface area contributed by atoms with Crippen LogP contribution in [0.5, 0.6) is 0 Å². The largest absolute Gasteiger partial charge is 0.434 e. The summed E-state index contributed by atoms with van der Waals surface area (Å²) in [6.45, 7) is 5.19. The number of piperidine rings is 3. The molecule has 3 aliphatic rings. The Morgan fingerprint density at radius 1 is 1.29 bits per heavy atom. The van der Waals surface area contributed by atoms with Gasteiger partial charge in [0.1, 0.15) is 0 Å². The maximum atomic E-state index is 12.5. The summed E-state index contributed by atoms with van der Waals surface area (Å²) in [5, 5.41) is 3.98. The second kappa shape index (κ2) is 6.61. The van der Waals surface area contributed by atoms with E-state index >= 15 is 0 Å². The third-order valence-electron chi connectivity index (χ3n) is 4.91. The Bertz CT molecular complexity index is 720. The molecule has 4 heterocycles. The fourth-order valence-corrected chi connectivity index (χ4v) is 4.33. The third kappa shape index (κ3) is 3.35. The summed E-state index contributed by atoms with van der Waals surface area (Å²) in [5.41, 5.74) is 0.713. The van der Waals surface area contributed by atoms with Gasteiger partial charge in [-0.25, -0.2) is 4.98 Å². The molecule has 3 saturated heterocycles. The molecule has 1 aromatic carbocycles. The van der Waals surface area contributed by atoms with E-state index in [2.05, 4.69) is 15.2 Å².